The first-order valence-electron chi connectivity index (χ1n) is 8.15. The Kier molecular flexibility index (Phi) is 3.49. The number of anilines is 1. The van der Waals surface area contributed by atoms with Gasteiger partial charge in [0.1, 0.15) is 11.5 Å². The Hall–Kier alpha value is -2.07. The molecule has 0 atom stereocenters. The van der Waals surface area contributed by atoms with Crippen LogP contribution in [0.1, 0.15) is 36.5 Å². The van der Waals surface area contributed by atoms with Gasteiger partial charge in [-0.3, -0.25) is 0 Å². The zero-order valence-electron chi connectivity index (χ0n) is 13.8. The number of nitrogens with one attached hydrogen (secondary N) is 1. The van der Waals surface area contributed by atoms with Crippen molar-refractivity contribution in [3.8, 4) is 16.3 Å². The van der Waals surface area contributed by atoms with E-state index < -0.39 is 0 Å². The average molecular weight is 323 g/mol. The van der Waals surface area contributed by atoms with E-state index in [9.17, 15) is 0 Å². The molecule has 23 heavy (non-hydrogen) atoms. The second-order valence-corrected chi connectivity index (χ2v) is 7.38. The standard InChI is InChI=1S/C19H21N3S/c1-12(2)14-6-4-5-7-16(14)22-19-15(8-9-20-19)18(21-22)17-10-13(3)11-23-17/h4-7,10-12,20H,8-9H2,1-3H3. The van der Waals surface area contributed by atoms with E-state index in [-0.39, 0.29) is 0 Å². The van der Waals surface area contributed by atoms with E-state index >= 15 is 0 Å². The Morgan fingerprint density at radius 3 is 2.83 bits per heavy atom. The molecule has 3 heterocycles. The van der Waals surface area contributed by atoms with Crippen molar-refractivity contribution < 1.29 is 0 Å². The van der Waals surface area contributed by atoms with Gasteiger partial charge in [0.05, 0.1) is 10.6 Å². The van der Waals surface area contributed by atoms with Crippen molar-refractivity contribution in [2.75, 3.05) is 11.9 Å². The summed E-state index contributed by atoms with van der Waals surface area (Å²) in [5, 5.41) is 10.7. The van der Waals surface area contributed by atoms with E-state index in [2.05, 4.69) is 66.5 Å². The molecule has 1 N–H and O–H groups in total. The lowest BCUT2D eigenvalue weighted by atomic mass is 10.0. The molecule has 1 aliphatic heterocycles. The fraction of sp³-hybridized carbons (Fsp3) is 0.316. The van der Waals surface area contributed by atoms with Gasteiger partial charge in [0.15, 0.2) is 0 Å². The smallest absolute Gasteiger partial charge is 0.133 e. The van der Waals surface area contributed by atoms with Crippen LogP contribution in [-0.2, 0) is 6.42 Å². The van der Waals surface area contributed by atoms with Crippen LogP contribution in [0.3, 0.4) is 0 Å². The molecule has 0 spiro atoms. The van der Waals surface area contributed by atoms with Crippen LogP contribution < -0.4 is 5.32 Å². The van der Waals surface area contributed by atoms with Crippen molar-refractivity contribution in [1.29, 1.82) is 0 Å². The van der Waals surface area contributed by atoms with Crippen LogP contribution in [0.5, 0.6) is 0 Å². The highest BCUT2D eigenvalue weighted by atomic mass is 32.1. The Morgan fingerprint density at radius 2 is 2.09 bits per heavy atom. The molecule has 0 aliphatic carbocycles. The van der Waals surface area contributed by atoms with Crippen molar-refractivity contribution in [3.63, 3.8) is 0 Å². The molecule has 1 aromatic carbocycles. The highest BCUT2D eigenvalue weighted by Crippen LogP contribution is 2.38. The van der Waals surface area contributed by atoms with Crippen LogP contribution in [0.2, 0.25) is 0 Å². The Bertz CT molecular complexity index is 857. The van der Waals surface area contributed by atoms with E-state index in [4.69, 9.17) is 5.10 Å². The largest absolute Gasteiger partial charge is 0.369 e. The maximum atomic E-state index is 4.99. The summed E-state index contributed by atoms with van der Waals surface area (Å²) in [7, 11) is 0. The lowest BCUT2D eigenvalue weighted by molar-refractivity contribution is 0.812. The van der Waals surface area contributed by atoms with E-state index in [0.717, 1.165) is 18.7 Å². The van der Waals surface area contributed by atoms with Crippen LogP contribution in [0, 0.1) is 6.92 Å². The number of rotatable bonds is 3. The van der Waals surface area contributed by atoms with E-state index in [1.807, 2.05) is 0 Å². The summed E-state index contributed by atoms with van der Waals surface area (Å²) < 4.78 is 2.11. The first-order valence-corrected chi connectivity index (χ1v) is 9.03. The molecule has 3 nitrogen and oxygen atoms in total. The number of aryl methyl sites for hydroxylation is 1. The summed E-state index contributed by atoms with van der Waals surface area (Å²) in [6.45, 7) is 7.61. The van der Waals surface area contributed by atoms with Gasteiger partial charge >= 0.3 is 0 Å². The number of aromatic nitrogens is 2. The predicted octanol–water partition coefficient (Wildman–Crippen LogP) is 5.00. The Labute approximate surface area is 141 Å². The molecule has 0 radical (unpaired) electrons. The molecule has 0 saturated heterocycles. The summed E-state index contributed by atoms with van der Waals surface area (Å²) in [6.07, 6.45) is 1.05. The fourth-order valence-corrected chi connectivity index (χ4v) is 4.18. The van der Waals surface area contributed by atoms with Gasteiger partial charge in [0.2, 0.25) is 0 Å². The van der Waals surface area contributed by atoms with Gasteiger partial charge in [-0.1, -0.05) is 32.0 Å². The van der Waals surface area contributed by atoms with Gasteiger partial charge in [-0.2, -0.15) is 5.10 Å². The normalized spacial score (nSPS) is 13.4. The monoisotopic (exact) mass is 323 g/mol. The molecule has 0 bridgehead atoms. The lowest BCUT2D eigenvalue weighted by Crippen LogP contribution is -2.07. The second-order valence-electron chi connectivity index (χ2n) is 6.47. The average Bonchev–Trinajstić information content (AvgIpc) is 3.23. The second kappa shape index (κ2) is 5.53. The van der Waals surface area contributed by atoms with Crippen molar-refractivity contribution >= 4 is 17.2 Å². The molecule has 0 amide bonds. The van der Waals surface area contributed by atoms with Crippen LogP contribution in [-0.4, -0.2) is 16.3 Å². The predicted molar refractivity (Wildman–Crippen MR) is 97.9 cm³/mol. The molecule has 118 valence electrons. The Morgan fingerprint density at radius 1 is 1.26 bits per heavy atom. The van der Waals surface area contributed by atoms with Crippen molar-refractivity contribution in [2.45, 2.75) is 33.1 Å². The first-order chi connectivity index (χ1) is 11.1. The molecule has 4 heteroatoms. The van der Waals surface area contributed by atoms with Crippen LogP contribution in [0.4, 0.5) is 5.82 Å². The number of hydrogen-bond donors (Lipinski definition) is 1. The van der Waals surface area contributed by atoms with Gasteiger partial charge in [0.25, 0.3) is 0 Å². The number of nitrogens with zero attached hydrogens (tertiary/aromatic N) is 2. The van der Waals surface area contributed by atoms with Crippen molar-refractivity contribution in [2.24, 2.45) is 0 Å². The molecule has 4 rings (SSSR count). The number of fused-ring (bicyclic) bond motifs is 1. The van der Waals surface area contributed by atoms with Gasteiger partial charge in [-0.15, -0.1) is 11.3 Å². The minimum absolute atomic E-state index is 0.472. The highest BCUT2D eigenvalue weighted by Gasteiger charge is 2.25. The first kappa shape index (κ1) is 14.5. The zero-order valence-corrected chi connectivity index (χ0v) is 14.6. The molecule has 1 aliphatic rings. The summed E-state index contributed by atoms with van der Waals surface area (Å²) in [4.78, 5) is 1.27. The maximum absolute atomic E-state index is 4.99. The fourth-order valence-electron chi connectivity index (χ4n) is 3.27. The molecule has 0 unspecified atom stereocenters. The highest BCUT2D eigenvalue weighted by molar-refractivity contribution is 7.13. The van der Waals surface area contributed by atoms with Crippen LogP contribution in [0.25, 0.3) is 16.3 Å². The number of thiophene rings is 1. The molecule has 3 aromatic rings. The third-order valence-corrected chi connectivity index (χ3v) is 5.46. The quantitative estimate of drug-likeness (QED) is 0.735. The molecular formula is C19H21N3S. The van der Waals surface area contributed by atoms with Gasteiger partial charge in [-0.05, 0) is 47.9 Å². The van der Waals surface area contributed by atoms with E-state index in [1.165, 1.54) is 33.1 Å². The Balaban J connectivity index is 1.91. The van der Waals surface area contributed by atoms with Gasteiger partial charge < -0.3 is 5.32 Å². The van der Waals surface area contributed by atoms with Crippen molar-refractivity contribution in [3.05, 3.63) is 52.4 Å². The number of benzene rings is 1. The minimum atomic E-state index is 0.472. The topological polar surface area (TPSA) is 29.9 Å². The molecule has 0 fully saturated rings. The summed E-state index contributed by atoms with van der Waals surface area (Å²) in [5.41, 5.74) is 6.32. The third kappa shape index (κ3) is 2.38. The number of hydrogen-bond acceptors (Lipinski definition) is 3. The van der Waals surface area contributed by atoms with Crippen LogP contribution >= 0.6 is 11.3 Å². The summed E-state index contributed by atoms with van der Waals surface area (Å²) in [5.74, 6) is 1.64. The lowest BCUT2D eigenvalue weighted by Gasteiger charge is -2.14. The maximum Gasteiger partial charge on any atom is 0.133 e. The van der Waals surface area contributed by atoms with E-state index in [1.54, 1.807) is 11.3 Å². The third-order valence-electron chi connectivity index (χ3n) is 4.40. The van der Waals surface area contributed by atoms with Crippen LogP contribution in [0.15, 0.2) is 35.7 Å². The number of para-hydroxylation sites is 1. The molecular weight excluding hydrogens is 302 g/mol. The molecule has 0 saturated carbocycles. The SMILES string of the molecule is Cc1csc(-c2nn(-c3ccccc3C(C)C)c3c2CCN3)c1. The summed E-state index contributed by atoms with van der Waals surface area (Å²) >= 11 is 1.78. The van der Waals surface area contributed by atoms with Gasteiger partial charge in [-0.25, -0.2) is 4.68 Å². The minimum Gasteiger partial charge on any atom is -0.369 e. The van der Waals surface area contributed by atoms with Crippen molar-refractivity contribution in [1.82, 2.24) is 9.78 Å². The molecule has 2 aromatic heterocycles. The summed E-state index contributed by atoms with van der Waals surface area (Å²) in [6, 6.07) is 10.8. The van der Waals surface area contributed by atoms with E-state index in [0.29, 0.717) is 5.92 Å². The zero-order chi connectivity index (χ0) is 16.0. The van der Waals surface area contributed by atoms with Gasteiger partial charge in [0, 0.05) is 12.1 Å².